The zero-order valence-corrected chi connectivity index (χ0v) is 21.0. The number of nitrogens with one attached hydrogen (secondary N) is 2. The van der Waals surface area contributed by atoms with E-state index in [0.717, 1.165) is 24.0 Å². The van der Waals surface area contributed by atoms with Gasteiger partial charge in [-0.1, -0.05) is 60.7 Å². The molecule has 2 N–H and O–H groups in total. The largest absolute Gasteiger partial charge is 0.351 e. The molecule has 3 fully saturated rings. The summed E-state index contributed by atoms with van der Waals surface area (Å²) in [5.74, 6) is -0.912. The topological polar surface area (TPSA) is 98.8 Å². The lowest BCUT2D eigenvalue weighted by Gasteiger charge is -2.32. The molecule has 5 rings (SSSR count). The van der Waals surface area contributed by atoms with E-state index in [-0.39, 0.29) is 30.0 Å². The Morgan fingerprint density at radius 3 is 1.89 bits per heavy atom. The maximum absolute atomic E-state index is 13.8. The quantitative estimate of drug-likeness (QED) is 0.667. The van der Waals surface area contributed by atoms with Crippen molar-refractivity contribution in [2.45, 2.75) is 69.1 Å². The normalized spacial score (nSPS) is 26.9. The van der Waals surface area contributed by atoms with Crippen LogP contribution >= 0.6 is 0 Å². The highest BCUT2D eigenvalue weighted by Crippen LogP contribution is 2.26. The number of hydrogen-bond acceptors (Lipinski definition) is 4. The van der Waals surface area contributed by atoms with Crippen molar-refractivity contribution in [1.29, 1.82) is 0 Å². The third kappa shape index (κ3) is 5.68. The Kier molecular flexibility index (Phi) is 7.53. The summed E-state index contributed by atoms with van der Waals surface area (Å²) in [4.78, 5) is 57.5. The van der Waals surface area contributed by atoms with Crippen LogP contribution in [0.1, 0.15) is 43.2 Å². The Morgan fingerprint density at radius 1 is 0.676 bits per heavy atom. The van der Waals surface area contributed by atoms with Crippen LogP contribution in [0.5, 0.6) is 0 Å². The van der Waals surface area contributed by atoms with Gasteiger partial charge in [0.2, 0.25) is 23.6 Å². The summed E-state index contributed by atoms with van der Waals surface area (Å²) in [7, 11) is 0. The average Bonchev–Trinajstić information content (AvgIpc) is 3.59. The molecule has 2 aromatic carbocycles. The Balaban J connectivity index is 1.46. The van der Waals surface area contributed by atoms with E-state index >= 15 is 0 Å². The van der Waals surface area contributed by atoms with Crippen LogP contribution in [0.3, 0.4) is 0 Å². The Morgan fingerprint density at radius 2 is 1.24 bits per heavy atom. The smallest absolute Gasteiger partial charge is 0.246 e. The molecule has 8 heteroatoms. The van der Waals surface area contributed by atoms with Gasteiger partial charge in [0.05, 0.1) is 0 Å². The first-order valence-electron chi connectivity index (χ1n) is 13.3. The Labute approximate surface area is 217 Å². The molecular formula is C29H34N4O4. The highest BCUT2D eigenvalue weighted by atomic mass is 16.2. The highest BCUT2D eigenvalue weighted by molar-refractivity contribution is 5.95. The van der Waals surface area contributed by atoms with Crippen LogP contribution in [0, 0.1) is 0 Å². The van der Waals surface area contributed by atoms with Crippen molar-refractivity contribution in [3.8, 4) is 0 Å². The summed E-state index contributed by atoms with van der Waals surface area (Å²) >= 11 is 0. The van der Waals surface area contributed by atoms with Crippen LogP contribution in [0.4, 0.5) is 0 Å². The lowest BCUT2D eigenvalue weighted by molar-refractivity contribution is -0.147. The van der Waals surface area contributed by atoms with Gasteiger partial charge in [-0.15, -0.1) is 0 Å². The first-order valence-corrected chi connectivity index (χ1v) is 13.3. The van der Waals surface area contributed by atoms with Gasteiger partial charge in [0.15, 0.2) is 0 Å². The predicted octanol–water partition coefficient (Wildman–Crippen LogP) is 1.83. The van der Waals surface area contributed by atoms with Gasteiger partial charge in [-0.05, 0) is 43.2 Å². The fourth-order valence-corrected chi connectivity index (χ4v) is 5.88. The molecule has 0 bridgehead atoms. The van der Waals surface area contributed by atoms with E-state index in [9.17, 15) is 19.2 Å². The molecule has 0 spiro atoms. The van der Waals surface area contributed by atoms with E-state index in [1.807, 2.05) is 60.7 Å². The van der Waals surface area contributed by atoms with Crippen LogP contribution in [0.25, 0.3) is 0 Å². The van der Waals surface area contributed by atoms with E-state index in [2.05, 4.69) is 10.6 Å². The molecular weight excluding hydrogens is 468 g/mol. The maximum atomic E-state index is 13.8. The minimum absolute atomic E-state index is 0.0449. The molecule has 0 saturated carbocycles. The minimum Gasteiger partial charge on any atom is -0.351 e. The van der Waals surface area contributed by atoms with Gasteiger partial charge in [0, 0.05) is 32.0 Å². The Hall–Kier alpha value is -3.68. The number of rotatable bonds is 4. The lowest BCUT2D eigenvalue weighted by Crippen LogP contribution is -2.56. The fraction of sp³-hybridized carbons (Fsp3) is 0.448. The molecule has 0 aromatic heterocycles. The van der Waals surface area contributed by atoms with Crippen LogP contribution in [-0.2, 0) is 32.0 Å². The first kappa shape index (κ1) is 25.0. The molecule has 37 heavy (non-hydrogen) atoms. The molecule has 3 heterocycles. The molecule has 2 aromatic rings. The monoisotopic (exact) mass is 502 g/mol. The van der Waals surface area contributed by atoms with Gasteiger partial charge in [0.1, 0.15) is 18.1 Å². The summed E-state index contributed by atoms with van der Waals surface area (Å²) in [5.41, 5.74) is 1.93. The van der Waals surface area contributed by atoms with Gasteiger partial charge in [-0.25, -0.2) is 0 Å². The second-order valence-electron chi connectivity index (χ2n) is 10.3. The number of fused-ring (bicyclic) bond motifs is 2. The number of carbonyl (C=O) groups is 4. The first-order chi connectivity index (χ1) is 18.0. The van der Waals surface area contributed by atoms with Crippen LogP contribution in [0.15, 0.2) is 60.7 Å². The van der Waals surface area contributed by atoms with Crippen molar-refractivity contribution in [2.24, 2.45) is 0 Å². The number of hydrogen-bond donors (Lipinski definition) is 2. The second-order valence-corrected chi connectivity index (χ2v) is 10.3. The number of amides is 4. The number of benzene rings is 2. The van der Waals surface area contributed by atoms with Crippen molar-refractivity contribution < 1.29 is 19.2 Å². The van der Waals surface area contributed by atoms with Crippen molar-refractivity contribution >= 4 is 23.6 Å². The van der Waals surface area contributed by atoms with Gasteiger partial charge in [-0.2, -0.15) is 0 Å². The maximum Gasteiger partial charge on any atom is 0.246 e. The highest BCUT2D eigenvalue weighted by Gasteiger charge is 2.44. The van der Waals surface area contributed by atoms with E-state index in [4.69, 9.17) is 0 Å². The molecule has 3 aliphatic heterocycles. The molecule has 0 aliphatic carbocycles. The summed E-state index contributed by atoms with van der Waals surface area (Å²) < 4.78 is 0. The van der Waals surface area contributed by atoms with Gasteiger partial charge in [-0.3, -0.25) is 19.2 Å². The zero-order valence-electron chi connectivity index (χ0n) is 21.0. The van der Waals surface area contributed by atoms with E-state index in [0.29, 0.717) is 38.8 Å². The van der Waals surface area contributed by atoms with Crippen LogP contribution < -0.4 is 10.6 Å². The van der Waals surface area contributed by atoms with E-state index < -0.39 is 24.2 Å². The second kappa shape index (κ2) is 11.2. The molecule has 194 valence electrons. The third-order valence-electron chi connectivity index (χ3n) is 7.68. The average molecular weight is 503 g/mol. The fourth-order valence-electron chi connectivity index (χ4n) is 5.88. The van der Waals surface area contributed by atoms with E-state index in [1.54, 1.807) is 9.80 Å². The Bertz CT molecular complexity index is 1140. The standard InChI is InChI=1S/C29H34N4O4/c34-26-19-22(17-20-9-3-1-4-10-20)30-27(35)24-13-7-15-32(24)29(37)25-14-8-16-33(25)28(36)23(31-26)18-21-11-5-2-6-12-21/h1-6,9-12,22-25H,7-8,13-19H2,(H,30,35)(H,31,34)/t22-,23+,24-,25-/m0/s1. The van der Waals surface area contributed by atoms with Crippen molar-refractivity contribution in [3.05, 3.63) is 71.8 Å². The predicted molar refractivity (Wildman–Crippen MR) is 138 cm³/mol. The SMILES string of the molecule is O=C1C[C@H](Cc2ccccc2)NC(=O)[C@@H]2CCCN2C(=O)[C@@H]2CCCN2C(=O)[C@@H](Cc2ccccc2)N1. The minimum atomic E-state index is -0.786. The van der Waals surface area contributed by atoms with Crippen molar-refractivity contribution in [3.63, 3.8) is 0 Å². The zero-order chi connectivity index (χ0) is 25.8. The summed E-state index contributed by atoms with van der Waals surface area (Å²) in [6.45, 7) is 0.973. The molecule has 4 atom stereocenters. The molecule has 0 unspecified atom stereocenters. The van der Waals surface area contributed by atoms with Crippen LogP contribution in [-0.4, -0.2) is 70.7 Å². The molecule has 4 amide bonds. The molecule has 3 aliphatic rings. The number of carbonyl (C=O) groups excluding carboxylic acids is 4. The molecule has 3 saturated heterocycles. The summed E-state index contributed by atoms with van der Waals surface area (Å²) in [6, 6.07) is 16.9. The molecule has 0 radical (unpaired) electrons. The number of nitrogens with zero attached hydrogens (tertiary/aromatic N) is 2. The van der Waals surface area contributed by atoms with Crippen LogP contribution in [0.2, 0.25) is 0 Å². The summed E-state index contributed by atoms with van der Waals surface area (Å²) in [6.07, 6.45) is 3.47. The van der Waals surface area contributed by atoms with E-state index in [1.165, 1.54) is 0 Å². The van der Waals surface area contributed by atoms with Gasteiger partial charge in [0.25, 0.3) is 0 Å². The van der Waals surface area contributed by atoms with Crippen molar-refractivity contribution in [1.82, 2.24) is 20.4 Å². The molecule has 8 nitrogen and oxygen atoms in total. The lowest BCUT2D eigenvalue weighted by atomic mass is 10.0. The summed E-state index contributed by atoms with van der Waals surface area (Å²) in [5, 5.41) is 6.02. The van der Waals surface area contributed by atoms with Gasteiger partial charge < -0.3 is 20.4 Å². The third-order valence-corrected chi connectivity index (χ3v) is 7.68. The van der Waals surface area contributed by atoms with Gasteiger partial charge >= 0.3 is 0 Å². The van der Waals surface area contributed by atoms with Crippen molar-refractivity contribution in [2.75, 3.05) is 13.1 Å².